The van der Waals surface area contributed by atoms with Crippen molar-refractivity contribution in [3.8, 4) is 0 Å². The molecule has 0 spiro atoms. The van der Waals surface area contributed by atoms with Crippen molar-refractivity contribution in [1.29, 1.82) is 0 Å². The molecule has 1 aliphatic rings. The Morgan fingerprint density at radius 2 is 2.18 bits per heavy atom. The number of rotatable bonds is 6. The molecule has 92 valence electrons. The zero-order valence-corrected chi connectivity index (χ0v) is 10.8. The van der Waals surface area contributed by atoms with Crippen molar-refractivity contribution in [2.75, 3.05) is 11.4 Å². The highest BCUT2D eigenvalue weighted by molar-refractivity contribution is 5.77. The minimum Gasteiger partial charge on any atom is -0.368 e. The van der Waals surface area contributed by atoms with Gasteiger partial charge in [-0.3, -0.25) is 4.79 Å². The molecule has 1 aromatic rings. The van der Waals surface area contributed by atoms with E-state index in [1.807, 2.05) is 12.1 Å². The largest absolute Gasteiger partial charge is 0.368 e. The Morgan fingerprint density at radius 3 is 2.71 bits per heavy atom. The van der Waals surface area contributed by atoms with Crippen LogP contribution in [0.1, 0.15) is 48.5 Å². The molecular weight excluding hydrogens is 210 g/mol. The molecule has 0 atom stereocenters. The predicted octanol–water partition coefficient (Wildman–Crippen LogP) is 3.58. The second kappa shape index (κ2) is 5.35. The minimum atomic E-state index is 0.738. The Kier molecular flexibility index (Phi) is 3.82. The van der Waals surface area contributed by atoms with Gasteiger partial charge in [-0.2, -0.15) is 0 Å². The average Bonchev–Trinajstić information content (AvgIpc) is 3.15. The maximum Gasteiger partial charge on any atom is 0.150 e. The van der Waals surface area contributed by atoms with Crippen molar-refractivity contribution in [3.63, 3.8) is 0 Å². The predicted molar refractivity (Wildman–Crippen MR) is 71.8 cm³/mol. The first kappa shape index (κ1) is 12.2. The molecule has 2 rings (SSSR count). The van der Waals surface area contributed by atoms with Gasteiger partial charge in [-0.1, -0.05) is 13.3 Å². The summed E-state index contributed by atoms with van der Waals surface area (Å²) < 4.78 is 0. The second-order valence-corrected chi connectivity index (χ2v) is 4.94. The SMILES string of the molecule is CCCCN(c1ccc(C=O)cc1C)C1CC1. The van der Waals surface area contributed by atoms with Gasteiger partial charge in [0.15, 0.2) is 0 Å². The molecule has 0 N–H and O–H groups in total. The number of hydrogen-bond acceptors (Lipinski definition) is 2. The van der Waals surface area contributed by atoms with Crippen LogP contribution in [0.15, 0.2) is 18.2 Å². The lowest BCUT2D eigenvalue weighted by Crippen LogP contribution is -2.27. The number of hydrogen-bond donors (Lipinski definition) is 0. The first-order valence-corrected chi connectivity index (χ1v) is 6.58. The molecule has 1 aliphatic carbocycles. The zero-order valence-electron chi connectivity index (χ0n) is 10.8. The van der Waals surface area contributed by atoms with Gasteiger partial charge in [0.25, 0.3) is 0 Å². The fourth-order valence-corrected chi connectivity index (χ4v) is 2.29. The molecule has 0 amide bonds. The van der Waals surface area contributed by atoms with Crippen molar-refractivity contribution in [1.82, 2.24) is 0 Å². The Morgan fingerprint density at radius 1 is 1.41 bits per heavy atom. The normalized spacial score (nSPS) is 14.7. The molecule has 1 saturated carbocycles. The maximum atomic E-state index is 10.7. The van der Waals surface area contributed by atoms with Crippen molar-refractivity contribution < 1.29 is 4.79 Å². The van der Waals surface area contributed by atoms with E-state index >= 15 is 0 Å². The van der Waals surface area contributed by atoms with Crippen LogP contribution in [0.2, 0.25) is 0 Å². The number of benzene rings is 1. The van der Waals surface area contributed by atoms with Crippen LogP contribution in [-0.2, 0) is 0 Å². The van der Waals surface area contributed by atoms with E-state index in [0.29, 0.717) is 0 Å². The van der Waals surface area contributed by atoms with Gasteiger partial charge in [-0.15, -0.1) is 0 Å². The first-order valence-electron chi connectivity index (χ1n) is 6.58. The quantitative estimate of drug-likeness (QED) is 0.697. The van der Waals surface area contributed by atoms with Crippen LogP contribution in [0.4, 0.5) is 5.69 Å². The molecule has 0 saturated heterocycles. The van der Waals surface area contributed by atoms with Gasteiger partial charge in [0.05, 0.1) is 0 Å². The number of anilines is 1. The van der Waals surface area contributed by atoms with Gasteiger partial charge in [-0.25, -0.2) is 0 Å². The highest BCUT2D eigenvalue weighted by Crippen LogP contribution is 2.33. The Hall–Kier alpha value is -1.31. The number of carbonyl (C=O) groups is 1. The first-order chi connectivity index (χ1) is 8.26. The molecule has 0 radical (unpaired) electrons. The van der Waals surface area contributed by atoms with E-state index in [9.17, 15) is 4.79 Å². The Labute approximate surface area is 104 Å². The summed E-state index contributed by atoms with van der Waals surface area (Å²) in [6.07, 6.45) is 6.03. The van der Waals surface area contributed by atoms with Crippen LogP contribution in [0, 0.1) is 6.92 Å². The molecule has 0 bridgehead atoms. The van der Waals surface area contributed by atoms with Crippen LogP contribution in [0.3, 0.4) is 0 Å². The monoisotopic (exact) mass is 231 g/mol. The lowest BCUT2D eigenvalue weighted by atomic mass is 10.1. The summed E-state index contributed by atoms with van der Waals surface area (Å²) in [6.45, 7) is 5.47. The lowest BCUT2D eigenvalue weighted by molar-refractivity contribution is 0.112. The fourth-order valence-electron chi connectivity index (χ4n) is 2.29. The lowest BCUT2D eigenvalue weighted by Gasteiger charge is -2.26. The van der Waals surface area contributed by atoms with Crippen LogP contribution >= 0.6 is 0 Å². The van der Waals surface area contributed by atoms with Crippen LogP contribution in [0.25, 0.3) is 0 Å². The van der Waals surface area contributed by atoms with E-state index in [-0.39, 0.29) is 0 Å². The van der Waals surface area contributed by atoms with E-state index in [4.69, 9.17) is 0 Å². The van der Waals surface area contributed by atoms with Crippen LogP contribution in [0.5, 0.6) is 0 Å². The van der Waals surface area contributed by atoms with Crippen molar-refractivity contribution in [3.05, 3.63) is 29.3 Å². The number of nitrogens with zero attached hydrogens (tertiary/aromatic N) is 1. The molecule has 0 aromatic heterocycles. The molecule has 2 heteroatoms. The number of aldehydes is 1. The molecule has 0 unspecified atom stereocenters. The molecule has 2 nitrogen and oxygen atoms in total. The summed E-state index contributed by atoms with van der Waals surface area (Å²) in [4.78, 5) is 13.3. The molecule has 1 fully saturated rings. The summed E-state index contributed by atoms with van der Waals surface area (Å²) >= 11 is 0. The zero-order chi connectivity index (χ0) is 12.3. The van der Waals surface area contributed by atoms with Crippen LogP contribution in [-0.4, -0.2) is 18.9 Å². The van der Waals surface area contributed by atoms with Gasteiger partial charge in [-0.05, 0) is 49.9 Å². The van der Waals surface area contributed by atoms with E-state index in [1.165, 1.54) is 36.9 Å². The fraction of sp³-hybridized carbons (Fsp3) is 0.533. The molecule has 0 aliphatic heterocycles. The number of carbonyl (C=O) groups excluding carboxylic acids is 1. The van der Waals surface area contributed by atoms with Crippen molar-refractivity contribution in [2.45, 2.75) is 45.6 Å². The van der Waals surface area contributed by atoms with Gasteiger partial charge < -0.3 is 4.90 Å². The van der Waals surface area contributed by atoms with E-state index in [0.717, 1.165) is 24.4 Å². The summed E-state index contributed by atoms with van der Waals surface area (Å²) in [5.74, 6) is 0. The van der Waals surface area contributed by atoms with E-state index in [2.05, 4.69) is 24.8 Å². The third-order valence-electron chi connectivity index (χ3n) is 3.41. The second-order valence-electron chi connectivity index (χ2n) is 4.94. The number of aryl methyl sites for hydroxylation is 1. The molecule has 0 heterocycles. The highest BCUT2D eigenvalue weighted by Gasteiger charge is 2.29. The van der Waals surface area contributed by atoms with E-state index < -0.39 is 0 Å². The Balaban J connectivity index is 2.19. The summed E-state index contributed by atoms with van der Waals surface area (Å²) in [5, 5.41) is 0. The molecular formula is C15H21NO. The standard InChI is InChI=1S/C15H21NO/c1-3-4-9-16(14-6-7-14)15-8-5-13(11-17)10-12(15)2/h5,8,10-11,14H,3-4,6-7,9H2,1-2H3. The molecule has 17 heavy (non-hydrogen) atoms. The van der Waals surface area contributed by atoms with E-state index in [1.54, 1.807) is 0 Å². The smallest absolute Gasteiger partial charge is 0.150 e. The van der Waals surface area contributed by atoms with Gasteiger partial charge >= 0.3 is 0 Å². The topological polar surface area (TPSA) is 20.3 Å². The summed E-state index contributed by atoms with van der Waals surface area (Å²) in [5.41, 5.74) is 3.31. The average molecular weight is 231 g/mol. The van der Waals surface area contributed by atoms with Gasteiger partial charge in [0.2, 0.25) is 0 Å². The van der Waals surface area contributed by atoms with Gasteiger partial charge in [0, 0.05) is 23.8 Å². The van der Waals surface area contributed by atoms with Crippen LogP contribution < -0.4 is 4.90 Å². The third-order valence-corrected chi connectivity index (χ3v) is 3.41. The maximum absolute atomic E-state index is 10.7. The number of unbranched alkanes of at least 4 members (excludes halogenated alkanes) is 1. The van der Waals surface area contributed by atoms with Crippen molar-refractivity contribution >= 4 is 12.0 Å². The highest BCUT2D eigenvalue weighted by atomic mass is 16.1. The Bertz CT molecular complexity index is 396. The van der Waals surface area contributed by atoms with Crippen molar-refractivity contribution in [2.24, 2.45) is 0 Å². The minimum absolute atomic E-state index is 0.738. The third kappa shape index (κ3) is 2.87. The van der Waals surface area contributed by atoms with Gasteiger partial charge in [0.1, 0.15) is 6.29 Å². The molecule has 1 aromatic carbocycles. The summed E-state index contributed by atoms with van der Waals surface area (Å²) in [7, 11) is 0. The summed E-state index contributed by atoms with van der Waals surface area (Å²) in [6, 6.07) is 6.76.